The third-order valence-corrected chi connectivity index (χ3v) is 2.63. The zero-order valence-corrected chi connectivity index (χ0v) is 8.17. The normalized spacial score (nSPS) is 33.7. The third kappa shape index (κ3) is 1.76. The second-order valence-corrected chi connectivity index (χ2v) is 3.77. The Hall–Kier alpha value is -0.800. The first-order valence-electron chi connectivity index (χ1n) is 3.87. The SMILES string of the molecule is CC1=CC(C(=O)O)C(C)(O)C(Cl)=C1. The number of hydrogen-bond acceptors (Lipinski definition) is 2. The van der Waals surface area contributed by atoms with Crippen LogP contribution in [0.15, 0.2) is 22.8 Å². The van der Waals surface area contributed by atoms with Gasteiger partial charge in [-0.1, -0.05) is 23.3 Å². The first-order chi connectivity index (χ1) is 5.85. The summed E-state index contributed by atoms with van der Waals surface area (Å²) >= 11 is 5.75. The highest BCUT2D eigenvalue weighted by molar-refractivity contribution is 6.31. The Kier molecular flexibility index (Phi) is 2.50. The van der Waals surface area contributed by atoms with Crippen molar-refractivity contribution in [2.75, 3.05) is 0 Å². The number of rotatable bonds is 1. The number of hydrogen-bond donors (Lipinski definition) is 2. The van der Waals surface area contributed by atoms with E-state index in [1.54, 1.807) is 13.0 Å². The van der Waals surface area contributed by atoms with Crippen molar-refractivity contribution in [2.24, 2.45) is 5.92 Å². The molecule has 0 aliphatic heterocycles. The topological polar surface area (TPSA) is 57.5 Å². The van der Waals surface area contributed by atoms with Crippen LogP contribution in [0.3, 0.4) is 0 Å². The summed E-state index contributed by atoms with van der Waals surface area (Å²) in [5, 5.41) is 18.8. The van der Waals surface area contributed by atoms with Gasteiger partial charge >= 0.3 is 5.97 Å². The van der Waals surface area contributed by atoms with Gasteiger partial charge in [-0.3, -0.25) is 4.79 Å². The van der Waals surface area contributed by atoms with E-state index in [2.05, 4.69) is 0 Å². The van der Waals surface area contributed by atoms with E-state index in [-0.39, 0.29) is 5.03 Å². The van der Waals surface area contributed by atoms with Crippen LogP contribution in [0, 0.1) is 5.92 Å². The summed E-state index contributed by atoms with van der Waals surface area (Å²) in [7, 11) is 0. The molecule has 1 aliphatic rings. The lowest BCUT2D eigenvalue weighted by Crippen LogP contribution is -2.40. The van der Waals surface area contributed by atoms with Crippen molar-refractivity contribution in [1.82, 2.24) is 0 Å². The smallest absolute Gasteiger partial charge is 0.313 e. The van der Waals surface area contributed by atoms with Gasteiger partial charge < -0.3 is 10.2 Å². The molecule has 0 bridgehead atoms. The van der Waals surface area contributed by atoms with Gasteiger partial charge in [0.15, 0.2) is 0 Å². The fourth-order valence-electron chi connectivity index (χ4n) is 1.28. The van der Waals surface area contributed by atoms with E-state index in [4.69, 9.17) is 16.7 Å². The van der Waals surface area contributed by atoms with Crippen LogP contribution in [0.25, 0.3) is 0 Å². The highest BCUT2D eigenvalue weighted by atomic mass is 35.5. The summed E-state index contributed by atoms with van der Waals surface area (Å²) in [6.45, 7) is 3.14. The zero-order valence-electron chi connectivity index (χ0n) is 7.41. The Bertz CT molecular complexity index is 302. The second-order valence-electron chi connectivity index (χ2n) is 3.37. The predicted octanol–water partition coefficient (Wildman–Crippen LogP) is 1.52. The molecule has 2 unspecified atom stereocenters. The first kappa shape index (κ1) is 10.3. The molecule has 4 heteroatoms. The molecule has 0 spiro atoms. The summed E-state index contributed by atoms with van der Waals surface area (Å²) in [5.41, 5.74) is -0.740. The Morgan fingerprint density at radius 1 is 1.69 bits per heavy atom. The van der Waals surface area contributed by atoms with E-state index in [1.807, 2.05) is 0 Å². The van der Waals surface area contributed by atoms with Gasteiger partial charge in [-0.25, -0.2) is 0 Å². The summed E-state index contributed by atoms with van der Waals surface area (Å²) in [4.78, 5) is 10.8. The number of allylic oxidation sites excluding steroid dienone is 2. The van der Waals surface area contributed by atoms with E-state index < -0.39 is 17.5 Å². The molecule has 0 fully saturated rings. The Morgan fingerprint density at radius 3 is 2.69 bits per heavy atom. The standard InChI is InChI=1S/C9H11ClO3/c1-5-3-6(8(11)12)9(2,13)7(10)4-5/h3-4,6,13H,1-2H3,(H,11,12). The number of halogens is 1. The summed E-state index contributed by atoms with van der Waals surface area (Å²) in [6.07, 6.45) is 3.06. The molecule has 0 saturated heterocycles. The lowest BCUT2D eigenvalue weighted by molar-refractivity contribution is -0.145. The molecule has 1 aliphatic carbocycles. The van der Waals surface area contributed by atoms with Gasteiger partial charge in [0.25, 0.3) is 0 Å². The molecule has 0 aromatic carbocycles. The summed E-state index contributed by atoms with van der Waals surface area (Å²) < 4.78 is 0. The number of carboxylic acids is 1. The molecular weight excluding hydrogens is 192 g/mol. The van der Waals surface area contributed by atoms with Crippen LogP contribution in [-0.4, -0.2) is 21.8 Å². The minimum Gasteiger partial charge on any atom is -0.481 e. The minimum absolute atomic E-state index is 0.167. The maximum Gasteiger partial charge on any atom is 0.313 e. The molecule has 72 valence electrons. The van der Waals surface area contributed by atoms with Gasteiger partial charge in [-0.05, 0) is 19.9 Å². The van der Waals surface area contributed by atoms with Crippen LogP contribution in [0.4, 0.5) is 0 Å². The molecule has 0 amide bonds. The molecule has 13 heavy (non-hydrogen) atoms. The lowest BCUT2D eigenvalue weighted by atomic mass is 9.83. The number of carboxylic acid groups (broad SMARTS) is 1. The maximum absolute atomic E-state index is 10.8. The van der Waals surface area contributed by atoms with Gasteiger partial charge in [0.05, 0.1) is 5.03 Å². The Labute approximate surface area is 81.3 Å². The number of carbonyl (C=O) groups is 1. The van der Waals surface area contributed by atoms with Gasteiger partial charge in [-0.15, -0.1) is 0 Å². The van der Waals surface area contributed by atoms with Crippen LogP contribution in [-0.2, 0) is 4.79 Å². The zero-order chi connectivity index (χ0) is 10.2. The summed E-state index contributed by atoms with van der Waals surface area (Å²) in [5.74, 6) is -2.04. The minimum atomic E-state index is -1.49. The number of aliphatic hydroxyl groups is 1. The van der Waals surface area contributed by atoms with Crippen molar-refractivity contribution in [3.05, 3.63) is 22.8 Å². The largest absolute Gasteiger partial charge is 0.481 e. The van der Waals surface area contributed by atoms with Gasteiger partial charge in [0.1, 0.15) is 11.5 Å². The molecule has 0 aromatic rings. The van der Waals surface area contributed by atoms with Crippen LogP contribution < -0.4 is 0 Å². The monoisotopic (exact) mass is 202 g/mol. The van der Waals surface area contributed by atoms with Crippen molar-refractivity contribution in [1.29, 1.82) is 0 Å². The van der Waals surface area contributed by atoms with Crippen molar-refractivity contribution >= 4 is 17.6 Å². The fraction of sp³-hybridized carbons (Fsp3) is 0.444. The van der Waals surface area contributed by atoms with E-state index in [0.29, 0.717) is 0 Å². The Morgan fingerprint density at radius 2 is 2.23 bits per heavy atom. The molecule has 2 N–H and O–H groups in total. The fourth-order valence-corrected chi connectivity index (χ4v) is 1.57. The molecular formula is C9H11ClO3. The molecule has 0 saturated carbocycles. The Balaban J connectivity index is 3.12. The van der Waals surface area contributed by atoms with Crippen LogP contribution in [0.5, 0.6) is 0 Å². The highest BCUT2D eigenvalue weighted by Crippen LogP contribution is 2.35. The van der Waals surface area contributed by atoms with E-state index in [1.165, 1.54) is 13.0 Å². The summed E-state index contributed by atoms with van der Waals surface area (Å²) in [6, 6.07) is 0. The maximum atomic E-state index is 10.8. The molecule has 0 aromatic heterocycles. The van der Waals surface area contributed by atoms with Crippen molar-refractivity contribution in [2.45, 2.75) is 19.4 Å². The average molecular weight is 203 g/mol. The molecule has 3 nitrogen and oxygen atoms in total. The van der Waals surface area contributed by atoms with E-state index >= 15 is 0 Å². The predicted molar refractivity (Wildman–Crippen MR) is 49.4 cm³/mol. The highest BCUT2D eigenvalue weighted by Gasteiger charge is 2.40. The van der Waals surface area contributed by atoms with Crippen molar-refractivity contribution < 1.29 is 15.0 Å². The first-order valence-corrected chi connectivity index (χ1v) is 4.24. The molecule has 0 radical (unpaired) electrons. The van der Waals surface area contributed by atoms with Gasteiger partial charge in [0.2, 0.25) is 0 Å². The van der Waals surface area contributed by atoms with E-state index in [9.17, 15) is 9.90 Å². The third-order valence-electron chi connectivity index (χ3n) is 2.14. The van der Waals surface area contributed by atoms with Crippen molar-refractivity contribution in [3.63, 3.8) is 0 Å². The second kappa shape index (κ2) is 3.16. The van der Waals surface area contributed by atoms with Crippen LogP contribution in [0.1, 0.15) is 13.8 Å². The molecule has 1 rings (SSSR count). The molecule has 0 heterocycles. The van der Waals surface area contributed by atoms with Gasteiger partial charge in [-0.2, -0.15) is 0 Å². The van der Waals surface area contributed by atoms with Crippen molar-refractivity contribution in [3.8, 4) is 0 Å². The number of aliphatic carboxylic acids is 1. The van der Waals surface area contributed by atoms with Crippen LogP contribution >= 0.6 is 11.6 Å². The lowest BCUT2D eigenvalue weighted by Gasteiger charge is -2.30. The quantitative estimate of drug-likeness (QED) is 0.678. The van der Waals surface area contributed by atoms with Crippen LogP contribution in [0.2, 0.25) is 0 Å². The van der Waals surface area contributed by atoms with E-state index in [0.717, 1.165) is 5.57 Å². The average Bonchev–Trinajstić information content (AvgIpc) is 1.96. The van der Waals surface area contributed by atoms with Gasteiger partial charge in [0, 0.05) is 0 Å². The molecule has 2 atom stereocenters.